The summed E-state index contributed by atoms with van der Waals surface area (Å²) in [5, 5.41) is 10.6. The predicted octanol–water partition coefficient (Wildman–Crippen LogP) is 1.52. The highest BCUT2D eigenvalue weighted by Gasteiger charge is 2.28. The van der Waals surface area contributed by atoms with Gasteiger partial charge in [-0.15, -0.1) is 21.5 Å². The van der Waals surface area contributed by atoms with Crippen LogP contribution in [0.5, 0.6) is 0 Å². The van der Waals surface area contributed by atoms with Crippen LogP contribution >= 0.6 is 11.3 Å². The first-order valence-electron chi connectivity index (χ1n) is 6.56. The van der Waals surface area contributed by atoms with Gasteiger partial charge in [-0.05, 0) is 26.3 Å². The maximum absolute atomic E-state index is 4.23. The normalized spacial score (nSPS) is 27.0. The van der Waals surface area contributed by atoms with E-state index in [1.54, 1.807) is 11.3 Å². The molecule has 0 saturated carbocycles. The number of piperazine rings is 1. The number of aromatic nitrogens is 2. The lowest BCUT2D eigenvalue weighted by molar-refractivity contribution is 0.0455. The largest absolute Gasteiger partial charge is 0.298 e. The van der Waals surface area contributed by atoms with Gasteiger partial charge < -0.3 is 0 Å². The lowest BCUT2D eigenvalue weighted by Crippen LogP contribution is -2.54. The van der Waals surface area contributed by atoms with Crippen molar-refractivity contribution in [2.75, 3.05) is 26.2 Å². The zero-order valence-corrected chi connectivity index (χ0v) is 11.2. The molecule has 0 N–H and O–H groups in total. The Morgan fingerprint density at radius 3 is 3.00 bits per heavy atom. The van der Waals surface area contributed by atoms with Crippen LogP contribution in [0.4, 0.5) is 0 Å². The summed E-state index contributed by atoms with van der Waals surface area (Å²) in [6.45, 7) is 7.99. The summed E-state index contributed by atoms with van der Waals surface area (Å²) < 4.78 is 0. The van der Waals surface area contributed by atoms with Gasteiger partial charge in [0.1, 0.15) is 10.0 Å². The highest BCUT2D eigenvalue weighted by molar-refractivity contribution is 7.11. The molecule has 2 fully saturated rings. The van der Waals surface area contributed by atoms with Gasteiger partial charge in [0.15, 0.2) is 0 Å². The average Bonchev–Trinajstić information content (AvgIpc) is 2.75. The number of fused-ring (bicyclic) bond motifs is 1. The third-order valence-electron chi connectivity index (χ3n) is 3.85. The van der Waals surface area contributed by atoms with Crippen molar-refractivity contribution < 1.29 is 0 Å². The van der Waals surface area contributed by atoms with E-state index in [1.165, 1.54) is 50.4 Å². The first-order valence-corrected chi connectivity index (χ1v) is 7.38. The molecule has 1 aromatic heterocycles. The summed E-state index contributed by atoms with van der Waals surface area (Å²) in [6.07, 6.45) is 4.19. The molecule has 2 aliphatic heterocycles. The molecule has 0 aliphatic carbocycles. The van der Waals surface area contributed by atoms with E-state index >= 15 is 0 Å². The van der Waals surface area contributed by atoms with Crippen LogP contribution in [0.2, 0.25) is 0 Å². The second kappa shape index (κ2) is 5.00. The number of hydrogen-bond acceptors (Lipinski definition) is 5. The van der Waals surface area contributed by atoms with Crippen LogP contribution in [-0.4, -0.2) is 52.2 Å². The van der Waals surface area contributed by atoms with E-state index in [0.717, 1.165) is 17.6 Å². The van der Waals surface area contributed by atoms with Crippen LogP contribution in [0.3, 0.4) is 0 Å². The third kappa shape index (κ3) is 2.67. The van der Waals surface area contributed by atoms with Crippen molar-refractivity contribution >= 4 is 11.3 Å². The van der Waals surface area contributed by atoms with Crippen LogP contribution in [-0.2, 0) is 6.54 Å². The molecule has 0 amide bonds. The van der Waals surface area contributed by atoms with E-state index in [1.807, 2.05) is 6.92 Å². The van der Waals surface area contributed by atoms with E-state index in [0.29, 0.717) is 0 Å². The Labute approximate surface area is 107 Å². The molecular weight excluding hydrogens is 232 g/mol. The first-order chi connectivity index (χ1) is 8.31. The molecule has 94 valence electrons. The molecule has 1 unspecified atom stereocenters. The summed E-state index contributed by atoms with van der Waals surface area (Å²) in [4.78, 5) is 5.22. The average molecular weight is 252 g/mol. The molecule has 2 saturated heterocycles. The van der Waals surface area contributed by atoms with Crippen LogP contribution in [0.25, 0.3) is 0 Å². The van der Waals surface area contributed by atoms with E-state index in [-0.39, 0.29) is 0 Å². The quantitative estimate of drug-likeness (QED) is 0.799. The number of piperidine rings is 1. The van der Waals surface area contributed by atoms with Gasteiger partial charge in [-0.25, -0.2) is 0 Å². The number of rotatable bonds is 2. The fourth-order valence-corrected chi connectivity index (χ4v) is 3.71. The second-order valence-electron chi connectivity index (χ2n) is 5.14. The molecule has 0 spiro atoms. The van der Waals surface area contributed by atoms with E-state index in [2.05, 4.69) is 20.0 Å². The number of hydrogen-bond donors (Lipinski definition) is 0. The van der Waals surface area contributed by atoms with Crippen LogP contribution in [0, 0.1) is 6.92 Å². The summed E-state index contributed by atoms with van der Waals surface area (Å²) in [6, 6.07) is 0.798. The fourth-order valence-electron chi connectivity index (χ4n) is 2.96. The predicted molar refractivity (Wildman–Crippen MR) is 69.1 cm³/mol. The van der Waals surface area contributed by atoms with Crippen molar-refractivity contribution in [1.29, 1.82) is 0 Å². The Balaban J connectivity index is 1.58. The Morgan fingerprint density at radius 2 is 2.18 bits per heavy atom. The highest BCUT2D eigenvalue weighted by atomic mass is 32.1. The van der Waals surface area contributed by atoms with Crippen molar-refractivity contribution in [3.05, 3.63) is 10.0 Å². The van der Waals surface area contributed by atoms with Gasteiger partial charge in [-0.3, -0.25) is 9.80 Å². The maximum Gasteiger partial charge on any atom is 0.131 e. The smallest absolute Gasteiger partial charge is 0.131 e. The van der Waals surface area contributed by atoms with E-state index in [4.69, 9.17) is 0 Å². The summed E-state index contributed by atoms with van der Waals surface area (Å²) in [5.41, 5.74) is 0. The maximum atomic E-state index is 4.23. The van der Waals surface area contributed by atoms with Crippen LogP contribution in [0.1, 0.15) is 29.3 Å². The van der Waals surface area contributed by atoms with Gasteiger partial charge in [0.2, 0.25) is 0 Å². The molecule has 0 bridgehead atoms. The van der Waals surface area contributed by atoms with Gasteiger partial charge in [0.25, 0.3) is 0 Å². The summed E-state index contributed by atoms with van der Waals surface area (Å²) in [7, 11) is 0. The third-order valence-corrected chi connectivity index (χ3v) is 4.67. The zero-order valence-electron chi connectivity index (χ0n) is 10.4. The molecule has 4 nitrogen and oxygen atoms in total. The van der Waals surface area contributed by atoms with Crippen molar-refractivity contribution in [2.45, 2.75) is 38.8 Å². The van der Waals surface area contributed by atoms with Crippen LogP contribution in [0.15, 0.2) is 0 Å². The van der Waals surface area contributed by atoms with E-state index in [9.17, 15) is 0 Å². The van der Waals surface area contributed by atoms with Gasteiger partial charge in [0, 0.05) is 25.7 Å². The molecule has 1 atom stereocenters. The fraction of sp³-hybridized carbons (Fsp3) is 0.833. The zero-order chi connectivity index (χ0) is 11.7. The Hall–Kier alpha value is -0.520. The van der Waals surface area contributed by atoms with Crippen molar-refractivity contribution in [1.82, 2.24) is 20.0 Å². The minimum absolute atomic E-state index is 0.798. The minimum atomic E-state index is 0.798. The highest BCUT2D eigenvalue weighted by Crippen LogP contribution is 2.22. The van der Waals surface area contributed by atoms with Gasteiger partial charge in [0.05, 0.1) is 6.54 Å². The lowest BCUT2D eigenvalue weighted by atomic mass is 9.99. The molecule has 5 heteroatoms. The second-order valence-corrected chi connectivity index (χ2v) is 6.40. The molecule has 17 heavy (non-hydrogen) atoms. The molecular formula is C12H20N4S. The van der Waals surface area contributed by atoms with Crippen LogP contribution < -0.4 is 0 Å². The monoisotopic (exact) mass is 252 g/mol. The van der Waals surface area contributed by atoms with Gasteiger partial charge in [-0.2, -0.15) is 0 Å². The molecule has 3 rings (SSSR count). The Bertz CT molecular complexity index is 378. The first kappa shape index (κ1) is 11.6. The topological polar surface area (TPSA) is 32.3 Å². The molecule has 0 aromatic carbocycles. The minimum Gasteiger partial charge on any atom is -0.298 e. The summed E-state index contributed by atoms with van der Waals surface area (Å²) in [5.74, 6) is 0. The molecule has 2 aliphatic rings. The molecule has 1 aromatic rings. The lowest BCUT2D eigenvalue weighted by Gasteiger charge is -2.43. The summed E-state index contributed by atoms with van der Waals surface area (Å²) >= 11 is 1.73. The van der Waals surface area contributed by atoms with Gasteiger partial charge in [-0.1, -0.05) is 6.42 Å². The number of nitrogens with zero attached hydrogens (tertiary/aromatic N) is 4. The molecule has 0 radical (unpaired) electrons. The van der Waals surface area contributed by atoms with E-state index < -0.39 is 0 Å². The van der Waals surface area contributed by atoms with Crippen molar-refractivity contribution in [3.8, 4) is 0 Å². The Morgan fingerprint density at radius 1 is 1.24 bits per heavy atom. The number of aryl methyl sites for hydroxylation is 1. The standard InChI is InChI=1S/C12H20N4S/c1-10-13-14-12(17-10)9-15-6-7-16-5-3-2-4-11(16)8-15/h11H,2-9H2,1H3. The van der Waals surface area contributed by atoms with Crippen molar-refractivity contribution in [3.63, 3.8) is 0 Å². The van der Waals surface area contributed by atoms with Crippen molar-refractivity contribution in [2.24, 2.45) is 0 Å². The Kier molecular flexibility index (Phi) is 3.40. The van der Waals surface area contributed by atoms with Gasteiger partial charge >= 0.3 is 0 Å². The SMILES string of the molecule is Cc1nnc(CN2CCN3CCCCC3C2)s1. The molecule has 3 heterocycles.